The zero-order chi connectivity index (χ0) is 15.5. The molecule has 2 aromatic heterocycles. The summed E-state index contributed by atoms with van der Waals surface area (Å²) < 4.78 is 6.05. The Hall–Kier alpha value is -2.55. The van der Waals surface area contributed by atoms with Gasteiger partial charge in [-0.3, -0.25) is 0 Å². The predicted molar refractivity (Wildman–Crippen MR) is 88.0 cm³/mol. The lowest BCUT2D eigenvalue weighted by Crippen LogP contribution is -2.16. The summed E-state index contributed by atoms with van der Waals surface area (Å²) in [5.41, 5.74) is 0.922. The summed E-state index contributed by atoms with van der Waals surface area (Å²) in [6.45, 7) is 1.41. The number of aromatic nitrogens is 6. The zero-order valence-electron chi connectivity index (χ0n) is 12.4. The molecule has 1 aliphatic rings. The monoisotopic (exact) mass is 328 g/mol. The smallest absolute Gasteiger partial charge is 0.247 e. The minimum atomic E-state index is 0.593. The molecule has 1 aromatic carbocycles. The van der Waals surface area contributed by atoms with Crippen molar-refractivity contribution in [2.75, 3.05) is 23.7 Å². The Balaban J connectivity index is 1.30. The number of benzene rings is 1. The molecular formula is C14H16N8S. The maximum atomic E-state index is 4.49. The topological polar surface area (TPSA) is 93.4 Å². The fourth-order valence-electron chi connectivity index (χ4n) is 2.20. The molecule has 3 aromatic rings. The van der Waals surface area contributed by atoms with Crippen LogP contribution in [0.5, 0.6) is 0 Å². The van der Waals surface area contributed by atoms with Crippen molar-refractivity contribution in [3.8, 4) is 5.69 Å². The van der Waals surface area contributed by atoms with Gasteiger partial charge in [0.1, 0.15) is 5.82 Å². The molecule has 23 heavy (non-hydrogen) atoms. The van der Waals surface area contributed by atoms with Gasteiger partial charge in [-0.25, -0.2) is 4.98 Å². The van der Waals surface area contributed by atoms with Crippen molar-refractivity contribution in [3.63, 3.8) is 0 Å². The Morgan fingerprint density at radius 2 is 1.96 bits per heavy atom. The van der Waals surface area contributed by atoms with Gasteiger partial charge < -0.3 is 10.6 Å². The van der Waals surface area contributed by atoms with Gasteiger partial charge in [0.25, 0.3) is 0 Å². The van der Waals surface area contributed by atoms with Crippen LogP contribution in [0.25, 0.3) is 5.69 Å². The van der Waals surface area contributed by atoms with Gasteiger partial charge in [-0.15, -0.1) is 0 Å². The molecule has 2 N–H and O–H groups in total. The molecule has 0 saturated heterocycles. The Bertz CT molecular complexity index is 764. The minimum absolute atomic E-state index is 0.593. The van der Waals surface area contributed by atoms with Crippen LogP contribution in [0.15, 0.2) is 30.3 Å². The molecule has 0 unspecified atom stereocenters. The first-order chi connectivity index (χ1) is 11.4. The number of hydrogen-bond acceptors (Lipinski definition) is 8. The SMILES string of the molecule is c1ccc(-n2nnnc2NCCNc2nc(C3CC3)ns2)cc1. The van der Waals surface area contributed by atoms with E-state index in [0.717, 1.165) is 23.2 Å². The van der Waals surface area contributed by atoms with Crippen LogP contribution in [0.3, 0.4) is 0 Å². The Kier molecular flexibility index (Phi) is 3.85. The highest BCUT2D eigenvalue weighted by molar-refractivity contribution is 7.09. The van der Waals surface area contributed by atoms with E-state index >= 15 is 0 Å². The van der Waals surface area contributed by atoms with Crippen molar-refractivity contribution in [1.29, 1.82) is 0 Å². The number of hydrogen-bond donors (Lipinski definition) is 2. The molecule has 0 amide bonds. The maximum Gasteiger partial charge on any atom is 0.247 e. The molecule has 1 saturated carbocycles. The second-order valence-electron chi connectivity index (χ2n) is 5.34. The van der Waals surface area contributed by atoms with Gasteiger partial charge in [-0.05, 0) is 35.4 Å². The first-order valence-electron chi connectivity index (χ1n) is 7.55. The van der Waals surface area contributed by atoms with Crippen molar-refractivity contribution in [2.45, 2.75) is 18.8 Å². The zero-order valence-corrected chi connectivity index (χ0v) is 13.2. The third-order valence-electron chi connectivity index (χ3n) is 3.54. The molecule has 2 heterocycles. The molecule has 9 heteroatoms. The van der Waals surface area contributed by atoms with Crippen LogP contribution in [0.1, 0.15) is 24.6 Å². The number of tetrazole rings is 1. The Labute approximate surface area is 137 Å². The predicted octanol–water partition coefficient (Wildman–Crippen LogP) is 1.92. The summed E-state index contributed by atoms with van der Waals surface area (Å²) in [4.78, 5) is 4.49. The molecule has 0 radical (unpaired) electrons. The van der Waals surface area contributed by atoms with Crippen LogP contribution < -0.4 is 10.6 Å². The quantitative estimate of drug-likeness (QED) is 0.640. The number of nitrogens with zero attached hydrogens (tertiary/aromatic N) is 6. The standard InChI is InChI=1S/C14H16N8S/c1-2-4-11(5-3-1)22-13(18-20-21-22)15-8-9-16-14-17-12(19-23-14)10-6-7-10/h1-5,10H,6-9H2,(H,15,18,21)(H,16,17,19). The molecule has 1 fully saturated rings. The van der Waals surface area contributed by atoms with E-state index in [1.165, 1.54) is 24.4 Å². The Morgan fingerprint density at radius 1 is 1.13 bits per heavy atom. The van der Waals surface area contributed by atoms with Crippen LogP contribution in [-0.4, -0.2) is 42.7 Å². The lowest BCUT2D eigenvalue weighted by molar-refractivity contribution is 0.789. The second-order valence-corrected chi connectivity index (χ2v) is 6.09. The summed E-state index contributed by atoms with van der Waals surface area (Å²) in [7, 11) is 0. The molecule has 0 bridgehead atoms. The molecular weight excluding hydrogens is 312 g/mol. The highest BCUT2D eigenvalue weighted by Crippen LogP contribution is 2.39. The van der Waals surface area contributed by atoms with Crippen LogP contribution in [-0.2, 0) is 0 Å². The van der Waals surface area contributed by atoms with E-state index in [9.17, 15) is 0 Å². The van der Waals surface area contributed by atoms with Crippen molar-refractivity contribution in [2.24, 2.45) is 0 Å². The van der Waals surface area contributed by atoms with E-state index in [1.54, 1.807) is 4.68 Å². The molecule has 0 aliphatic heterocycles. The summed E-state index contributed by atoms with van der Waals surface area (Å²) in [5.74, 6) is 2.20. The van der Waals surface area contributed by atoms with Crippen LogP contribution in [0.4, 0.5) is 11.1 Å². The van der Waals surface area contributed by atoms with Gasteiger partial charge >= 0.3 is 0 Å². The van der Waals surface area contributed by atoms with E-state index in [2.05, 4.69) is 35.5 Å². The average molecular weight is 328 g/mol. The largest absolute Gasteiger partial charge is 0.359 e. The normalized spacial score (nSPS) is 13.9. The first kappa shape index (κ1) is 14.1. The Morgan fingerprint density at radius 3 is 2.78 bits per heavy atom. The minimum Gasteiger partial charge on any atom is -0.359 e. The van der Waals surface area contributed by atoms with E-state index in [-0.39, 0.29) is 0 Å². The lowest BCUT2D eigenvalue weighted by Gasteiger charge is -2.07. The fourth-order valence-corrected chi connectivity index (χ4v) is 2.87. The first-order valence-corrected chi connectivity index (χ1v) is 8.32. The summed E-state index contributed by atoms with van der Waals surface area (Å²) in [6.07, 6.45) is 2.44. The van der Waals surface area contributed by atoms with Crippen molar-refractivity contribution in [1.82, 2.24) is 29.6 Å². The molecule has 0 spiro atoms. The third kappa shape index (κ3) is 3.29. The summed E-state index contributed by atoms with van der Waals surface area (Å²) in [6, 6.07) is 9.79. The van der Waals surface area contributed by atoms with Crippen LogP contribution >= 0.6 is 11.5 Å². The number of anilines is 2. The highest BCUT2D eigenvalue weighted by Gasteiger charge is 2.27. The molecule has 118 valence electrons. The molecule has 0 atom stereocenters. The van der Waals surface area contributed by atoms with Crippen molar-refractivity contribution < 1.29 is 0 Å². The second kappa shape index (κ2) is 6.29. The summed E-state index contributed by atoms with van der Waals surface area (Å²) in [5, 5.41) is 19.1. The van der Waals surface area contributed by atoms with Crippen molar-refractivity contribution >= 4 is 22.6 Å². The summed E-state index contributed by atoms with van der Waals surface area (Å²) >= 11 is 1.42. The number of nitrogens with one attached hydrogen (secondary N) is 2. The number of rotatable bonds is 7. The van der Waals surface area contributed by atoms with Gasteiger partial charge in [0.15, 0.2) is 0 Å². The van der Waals surface area contributed by atoms with Gasteiger partial charge in [0, 0.05) is 30.5 Å². The van der Waals surface area contributed by atoms with Crippen LogP contribution in [0.2, 0.25) is 0 Å². The van der Waals surface area contributed by atoms with Gasteiger partial charge in [0.05, 0.1) is 5.69 Å². The van der Waals surface area contributed by atoms with Gasteiger partial charge in [-0.2, -0.15) is 9.06 Å². The number of para-hydroxylation sites is 1. The average Bonchev–Trinajstić information content (AvgIpc) is 3.15. The van der Waals surface area contributed by atoms with Crippen LogP contribution in [0, 0.1) is 0 Å². The van der Waals surface area contributed by atoms with E-state index < -0.39 is 0 Å². The third-order valence-corrected chi connectivity index (χ3v) is 4.23. The molecule has 1 aliphatic carbocycles. The molecule has 4 rings (SSSR count). The lowest BCUT2D eigenvalue weighted by atomic mass is 10.3. The van der Waals surface area contributed by atoms with Gasteiger partial charge in [-0.1, -0.05) is 23.3 Å². The van der Waals surface area contributed by atoms with E-state index in [1.807, 2.05) is 30.3 Å². The van der Waals surface area contributed by atoms with Gasteiger partial charge in [0.2, 0.25) is 11.1 Å². The fraction of sp³-hybridized carbons (Fsp3) is 0.357. The van der Waals surface area contributed by atoms with E-state index in [0.29, 0.717) is 18.4 Å². The maximum absolute atomic E-state index is 4.49. The highest BCUT2D eigenvalue weighted by atomic mass is 32.1. The van der Waals surface area contributed by atoms with E-state index in [4.69, 9.17) is 0 Å². The molecule has 8 nitrogen and oxygen atoms in total. The van der Waals surface area contributed by atoms with Crippen molar-refractivity contribution in [3.05, 3.63) is 36.2 Å².